The van der Waals surface area contributed by atoms with Crippen molar-refractivity contribution >= 4 is 34.0 Å². The molecule has 0 unspecified atom stereocenters. The van der Waals surface area contributed by atoms with Gasteiger partial charge in [-0.25, -0.2) is 4.98 Å². The quantitative estimate of drug-likeness (QED) is 0.706. The van der Waals surface area contributed by atoms with E-state index in [0.717, 1.165) is 10.4 Å². The van der Waals surface area contributed by atoms with Crippen LogP contribution in [0.1, 0.15) is 26.8 Å². The zero-order chi connectivity index (χ0) is 16.9. The standard InChI is InChI=1S/C17H15ClN2O3S/c1-22-10-13-5-6-15(23-13)16(21)20-17-19-9-14(24-17)8-11-3-2-4-12(18)7-11/h2-7,9H,8,10H2,1H3,(H,19,20,21). The molecule has 0 radical (unpaired) electrons. The van der Waals surface area contributed by atoms with Gasteiger partial charge in [0.15, 0.2) is 10.9 Å². The molecule has 0 atom stereocenters. The molecule has 5 nitrogen and oxygen atoms in total. The van der Waals surface area contributed by atoms with Crippen LogP contribution in [0.2, 0.25) is 5.02 Å². The molecule has 3 rings (SSSR count). The Labute approximate surface area is 148 Å². The Balaban J connectivity index is 1.63. The molecule has 124 valence electrons. The summed E-state index contributed by atoms with van der Waals surface area (Å²) in [5.74, 6) is 0.498. The number of nitrogens with one attached hydrogen (secondary N) is 1. The molecule has 0 spiro atoms. The van der Waals surface area contributed by atoms with E-state index in [9.17, 15) is 4.79 Å². The SMILES string of the molecule is COCc1ccc(C(=O)Nc2ncc(Cc3cccc(Cl)c3)s2)o1. The second-order valence-electron chi connectivity index (χ2n) is 5.09. The molecular formula is C17H15ClN2O3S. The summed E-state index contributed by atoms with van der Waals surface area (Å²) in [5, 5.41) is 3.97. The second-order valence-corrected chi connectivity index (χ2v) is 6.64. The summed E-state index contributed by atoms with van der Waals surface area (Å²) in [6.07, 6.45) is 2.46. The maximum absolute atomic E-state index is 12.1. The fraction of sp³-hybridized carbons (Fsp3) is 0.176. The minimum absolute atomic E-state index is 0.230. The number of rotatable bonds is 6. The van der Waals surface area contributed by atoms with Crippen LogP contribution in [0.15, 0.2) is 47.0 Å². The number of halogens is 1. The van der Waals surface area contributed by atoms with E-state index in [0.29, 0.717) is 28.9 Å². The maximum atomic E-state index is 12.1. The third-order valence-corrected chi connectivity index (χ3v) is 4.36. The van der Waals surface area contributed by atoms with Crippen molar-refractivity contribution < 1.29 is 13.9 Å². The number of carbonyl (C=O) groups is 1. The number of aromatic nitrogens is 1. The topological polar surface area (TPSA) is 64.4 Å². The van der Waals surface area contributed by atoms with Crippen molar-refractivity contribution in [2.75, 3.05) is 12.4 Å². The van der Waals surface area contributed by atoms with Crippen LogP contribution in [-0.2, 0) is 17.8 Å². The van der Waals surface area contributed by atoms with E-state index >= 15 is 0 Å². The summed E-state index contributed by atoms with van der Waals surface area (Å²) < 4.78 is 10.4. The summed E-state index contributed by atoms with van der Waals surface area (Å²) in [6, 6.07) is 11.0. The van der Waals surface area contributed by atoms with Gasteiger partial charge in [-0.3, -0.25) is 10.1 Å². The summed E-state index contributed by atoms with van der Waals surface area (Å²) in [7, 11) is 1.57. The number of thiazole rings is 1. The number of nitrogens with zero attached hydrogens (tertiary/aromatic N) is 1. The van der Waals surface area contributed by atoms with Crippen molar-refractivity contribution in [3.63, 3.8) is 0 Å². The summed E-state index contributed by atoms with van der Waals surface area (Å²) in [5.41, 5.74) is 1.10. The second kappa shape index (κ2) is 7.61. The molecular weight excluding hydrogens is 348 g/mol. The number of ether oxygens (including phenoxy) is 1. The van der Waals surface area contributed by atoms with Crippen molar-refractivity contribution in [3.8, 4) is 0 Å². The number of hydrogen-bond donors (Lipinski definition) is 1. The van der Waals surface area contributed by atoms with Gasteiger partial charge in [-0.05, 0) is 29.8 Å². The molecule has 0 fully saturated rings. The van der Waals surface area contributed by atoms with Gasteiger partial charge < -0.3 is 9.15 Å². The van der Waals surface area contributed by atoms with Gasteiger partial charge in [0.05, 0.1) is 0 Å². The van der Waals surface area contributed by atoms with Crippen LogP contribution < -0.4 is 5.32 Å². The van der Waals surface area contributed by atoms with Crippen molar-refractivity contribution in [1.29, 1.82) is 0 Å². The molecule has 0 saturated heterocycles. The van der Waals surface area contributed by atoms with Gasteiger partial charge in [-0.2, -0.15) is 0 Å². The molecule has 0 aliphatic rings. The van der Waals surface area contributed by atoms with Crippen molar-refractivity contribution in [3.05, 3.63) is 69.6 Å². The Kier molecular flexibility index (Phi) is 5.30. The highest BCUT2D eigenvalue weighted by atomic mass is 35.5. The minimum Gasteiger partial charge on any atom is -0.453 e. The van der Waals surface area contributed by atoms with Gasteiger partial charge in [0.2, 0.25) is 0 Å². The Morgan fingerprint density at radius 2 is 2.25 bits per heavy atom. The van der Waals surface area contributed by atoms with Crippen LogP contribution >= 0.6 is 22.9 Å². The molecule has 0 aliphatic heterocycles. The van der Waals surface area contributed by atoms with Crippen LogP contribution in [0, 0.1) is 0 Å². The number of hydrogen-bond acceptors (Lipinski definition) is 5. The van der Waals surface area contributed by atoms with E-state index in [2.05, 4.69) is 10.3 Å². The normalized spacial score (nSPS) is 10.8. The minimum atomic E-state index is -0.332. The fourth-order valence-corrected chi connectivity index (χ4v) is 3.23. The van der Waals surface area contributed by atoms with E-state index in [1.807, 2.05) is 24.3 Å². The molecule has 0 saturated carbocycles. The first kappa shape index (κ1) is 16.7. The lowest BCUT2D eigenvalue weighted by molar-refractivity contribution is 0.0987. The van der Waals surface area contributed by atoms with Gasteiger partial charge in [-0.15, -0.1) is 11.3 Å². The highest BCUT2D eigenvalue weighted by molar-refractivity contribution is 7.15. The van der Waals surface area contributed by atoms with E-state index in [1.165, 1.54) is 11.3 Å². The number of carbonyl (C=O) groups excluding carboxylic acids is 1. The lowest BCUT2D eigenvalue weighted by Crippen LogP contribution is -2.10. The predicted octanol–water partition coefficient (Wildman–Crippen LogP) is 4.38. The summed E-state index contributed by atoms with van der Waals surface area (Å²) >= 11 is 7.41. The molecule has 1 amide bonds. The van der Waals surface area contributed by atoms with Gasteiger partial charge in [0.25, 0.3) is 5.91 Å². The number of methoxy groups -OCH3 is 1. The Morgan fingerprint density at radius 1 is 1.38 bits per heavy atom. The Bertz CT molecular complexity index is 844. The number of benzene rings is 1. The first-order chi connectivity index (χ1) is 11.6. The molecule has 2 heterocycles. The average molecular weight is 363 g/mol. The zero-order valence-corrected chi connectivity index (χ0v) is 14.5. The van der Waals surface area contributed by atoms with Crippen LogP contribution in [0.5, 0.6) is 0 Å². The van der Waals surface area contributed by atoms with E-state index in [-0.39, 0.29) is 11.7 Å². The first-order valence-electron chi connectivity index (χ1n) is 7.22. The van der Waals surface area contributed by atoms with Crippen LogP contribution in [-0.4, -0.2) is 18.0 Å². The maximum Gasteiger partial charge on any atom is 0.293 e. The highest BCUT2D eigenvalue weighted by Crippen LogP contribution is 2.23. The van der Waals surface area contributed by atoms with Gasteiger partial charge in [-0.1, -0.05) is 23.7 Å². The molecule has 1 N–H and O–H groups in total. The molecule has 2 aromatic heterocycles. The Morgan fingerprint density at radius 3 is 3.04 bits per heavy atom. The predicted molar refractivity (Wildman–Crippen MR) is 93.7 cm³/mol. The fourth-order valence-electron chi connectivity index (χ4n) is 2.17. The smallest absolute Gasteiger partial charge is 0.293 e. The highest BCUT2D eigenvalue weighted by Gasteiger charge is 2.13. The van der Waals surface area contributed by atoms with Crippen molar-refractivity contribution in [1.82, 2.24) is 4.98 Å². The van der Waals surface area contributed by atoms with Crippen LogP contribution in [0.25, 0.3) is 0 Å². The third-order valence-electron chi connectivity index (χ3n) is 3.21. The molecule has 24 heavy (non-hydrogen) atoms. The van der Waals surface area contributed by atoms with Gasteiger partial charge in [0.1, 0.15) is 12.4 Å². The molecule has 0 aliphatic carbocycles. The average Bonchev–Trinajstić information content (AvgIpc) is 3.17. The third kappa shape index (κ3) is 4.23. The molecule has 1 aromatic carbocycles. The van der Waals surface area contributed by atoms with E-state index in [1.54, 1.807) is 25.4 Å². The Hall–Kier alpha value is -2.15. The molecule has 0 bridgehead atoms. The number of amides is 1. The van der Waals surface area contributed by atoms with Crippen molar-refractivity contribution in [2.45, 2.75) is 13.0 Å². The van der Waals surface area contributed by atoms with Crippen molar-refractivity contribution in [2.24, 2.45) is 0 Å². The van der Waals surface area contributed by atoms with E-state index < -0.39 is 0 Å². The monoisotopic (exact) mass is 362 g/mol. The number of furan rings is 1. The van der Waals surface area contributed by atoms with Gasteiger partial charge in [0, 0.05) is 29.6 Å². The number of anilines is 1. The van der Waals surface area contributed by atoms with Crippen LogP contribution in [0.4, 0.5) is 5.13 Å². The molecule has 3 aromatic rings. The van der Waals surface area contributed by atoms with Crippen LogP contribution in [0.3, 0.4) is 0 Å². The van der Waals surface area contributed by atoms with E-state index in [4.69, 9.17) is 20.8 Å². The lowest BCUT2D eigenvalue weighted by Gasteiger charge is -1.99. The summed E-state index contributed by atoms with van der Waals surface area (Å²) in [4.78, 5) is 17.4. The molecule has 7 heteroatoms. The lowest BCUT2D eigenvalue weighted by atomic mass is 10.1. The van der Waals surface area contributed by atoms with Gasteiger partial charge >= 0.3 is 0 Å². The largest absolute Gasteiger partial charge is 0.453 e. The zero-order valence-electron chi connectivity index (χ0n) is 12.9. The first-order valence-corrected chi connectivity index (χ1v) is 8.41. The summed E-state index contributed by atoms with van der Waals surface area (Å²) in [6.45, 7) is 0.328.